The van der Waals surface area contributed by atoms with Crippen LogP contribution in [0, 0.1) is 0 Å². The van der Waals surface area contributed by atoms with E-state index in [9.17, 15) is 0 Å². The smallest absolute Gasteiger partial charge is 0.132 e. The van der Waals surface area contributed by atoms with Gasteiger partial charge in [0.1, 0.15) is 18.0 Å². The number of hydrogen-bond donors (Lipinski definition) is 0. The van der Waals surface area contributed by atoms with Gasteiger partial charge in [0.05, 0.1) is 7.05 Å². The maximum atomic E-state index is 4.73. The summed E-state index contributed by atoms with van der Waals surface area (Å²) < 4.78 is 0.643. The lowest BCUT2D eigenvalue weighted by atomic mass is 10.1. The molecule has 1 aliphatic heterocycles. The lowest BCUT2D eigenvalue weighted by Crippen LogP contribution is -2.37. The first-order valence-corrected chi connectivity index (χ1v) is 5.32. The first-order valence-electron chi connectivity index (χ1n) is 5.32. The van der Waals surface area contributed by atoms with E-state index in [1.807, 2.05) is 18.2 Å². The topological polar surface area (TPSA) is 12.4 Å². The highest BCUT2D eigenvalue weighted by Gasteiger charge is 2.28. The van der Waals surface area contributed by atoms with Gasteiger partial charge in [0.2, 0.25) is 0 Å². The fraction of sp³-hybridized carbons (Fsp3) is 0.308. The second kappa shape index (κ2) is 3.63. The summed E-state index contributed by atoms with van der Waals surface area (Å²) in [4.78, 5) is 0. The minimum absolute atomic E-state index is 0.475. The zero-order chi connectivity index (χ0) is 10.9. The lowest BCUT2D eigenvalue weighted by molar-refractivity contribution is -0.885. The summed E-state index contributed by atoms with van der Waals surface area (Å²) in [5, 5.41) is 4.73. The molecule has 1 aromatic carbocycles. The molecule has 0 spiro atoms. The Bertz CT molecular complexity index is 404. The van der Waals surface area contributed by atoms with Crippen LogP contribution in [-0.4, -0.2) is 23.4 Å². The number of allylic oxidation sites excluding steroid dienone is 1. The second-order valence-corrected chi connectivity index (χ2v) is 4.36. The molecule has 0 saturated heterocycles. The molecule has 1 aliphatic rings. The van der Waals surface area contributed by atoms with Crippen molar-refractivity contribution in [2.24, 2.45) is 5.10 Å². The summed E-state index contributed by atoms with van der Waals surface area (Å²) in [6.45, 7) is 4.36. The Morgan fingerprint density at radius 3 is 2.33 bits per heavy atom. The Morgan fingerprint density at radius 2 is 1.80 bits per heavy atom. The molecule has 0 aliphatic carbocycles. The first-order chi connectivity index (χ1) is 7.12. The van der Waals surface area contributed by atoms with E-state index in [0.29, 0.717) is 10.6 Å². The van der Waals surface area contributed by atoms with Crippen LogP contribution in [0.25, 0.3) is 0 Å². The Hall–Kier alpha value is -1.41. The zero-order valence-electron chi connectivity index (χ0n) is 9.51. The molecule has 0 saturated carbocycles. The van der Waals surface area contributed by atoms with Crippen molar-refractivity contribution >= 4 is 5.71 Å². The van der Waals surface area contributed by atoms with E-state index in [-0.39, 0.29) is 0 Å². The third-order valence-electron chi connectivity index (χ3n) is 2.97. The van der Waals surface area contributed by atoms with Crippen molar-refractivity contribution in [3.8, 4) is 0 Å². The van der Waals surface area contributed by atoms with Crippen LogP contribution in [0.2, 0.25) is 0 Å². The molecule has 0 amide bonds. The number of hydrogen-bond acceptors (Lipinski definition) is 1. The minimum atomic E-state index is 0.475. The molecule has 1 atom stereocenters. The number of benzene rings is 1. The lowest BCUT2D eigenvalue weighted by Gasteiger charge is -2.24. The highest BCUT2D eigenvalue weighted by atomic mass is 15.6. The molecular weight excluding hydrogens is 184 g/mol. The summed E-state index contributed by atoms with van der Waals surface area (Å²) in [7, 11) is 2.12. The van der Waals surface area contributed by atoms with Gasteiger partial charge in [-0.2, -0.15) is 4.59 Å². The molecule has 1 heterocycles. The van der Waals surface area contributed by atoms with Crippen molar-refractivity contribution in [2.45, 2.75) is 19.9 Å². The average molecular weight is 201 g/mol. The van der Waals surface area contributed by atoms with Crippen molar-refractivity contribution in [2.75, 3.05) is 7.05 Å². The molecule has 2 heteroatoms. The summed E-state index contributed by atoms with van der Waals surface area (Å²) in [5.41, 5.74) is 2.27. The summed E-state index contributed by atoms with van der Waals surface area (Å²) >= 11 is 0. The molecule has 15 heavy (non-hydrogen) atoms. The van der Waals surface area contributed by atoms with Gasteiger partial charge in [-0.05, 0) is 13.8 Å². The van der Waals surface area contributed by atoms with Crippen LogP contribution in [0.15, 0.2) is 47.7 Å². The van der Waals surface area contributed by atoms with Gasteiger partial charge < -0.3 is 0 Å². The van der Waals surface area contributed by atoms with E-state index in [2.05, 4.69) is 45.3 Å². The van der Waals surface area contributed by atoms with Crippen molar-refractivity contribution in [3.05, 3.63) is 48.2 Å². The molecule has 78 valence electrons. The van der Waals surface area contributed by atoms with Gasteiger partial charge >= 0.3 is 0 Å². The summed E-state index contributed by atoms with van der Waals surface area (Å²) in [5.74, 6) is 0. The van der Waals surface area contributed by atoms with Crippen molar-refractivity contribution in [3.63, 3.8) is 0 Å². The van der Waals surface area contributed by atoms with Gasteiger partial charge in [0.15, 0.2) is 0 Å². The molecule has 1 unspecified atom stereocenters. The summed E-state index contributed by atoms with van der Waals surface area (Å²) in [6, 6.07) is 10.8. The highest BCUT2D eigenvalue weighted by Crippen LogP contribution is 2.20. The van der Waals surface area contributed by atoms with Crippen LogP contribution < -0.4 is 0 Å². The molecule has 0 radical (unpaired) electrons. The van der Waals surface area contributed by atoms with Gasteiger partial charge in [-0.3, -0.25) is 0 Å². The predicted molar refractivity (Wildman–Crippen MR) is 63.4 cm³/mol. The second-order valence-electron chi connectivity index (χ2n) is 4.36. The van der Waals surface area contributed by atoms with E-state index in [0.717, 1.165) is 5.71 Å². The highest BCUT2D eigenvalue weighted by molar-refractivity contribution is 6.08. The Kier molecular flexibility index (Phi) is 2.45. The van der Waals surface area contributed by atoms with Gasteiger partial charge in [-0.1, -0.05) is 35.4 Å². The quantitative estimate of drug-likeness (QED) is 0.652. The van der Waals surface area contributed by atoms with E-state index in [1.54, 1.807) is 0 Å². The third kappa shape index (κ3) is 1.85. The van der Waals surface area contributed by atoms with Crippen LogP contribution in [0.4, 0.5) is 0 Å². The van der Waals surface area contributed by atoms with Crippen LogP contribution in [0.5, 0.6) is 0 Å². The van der Waals surface area contributed by atoms with E-state index in [1.165, 1.54) is 5.56 Å². The minimum Gasteiger partial charge on any atom is -0.172 e. The van der Waals surface area contributed by atoms with Gasteiger partial charge in [0.25, 0.3) is 0 Å². The van der Waals surface area contributed by atoms with Crippen molar-refractivity contribution in [1.29, 1.82) is 0 Å². The Balaban J connectivity index is 2.33. The number of rotatable bonds is 2. The Morgan fingerprint density at radius 1 is 1.13 bits per heavy atom. The normalized spacial score (nSPS) is 24.7. The Labute approximate surface area is 91.1 Å². The fourth-order valence-electron chi connectivity index (χ4n) is 1.57. The number of quaternary nitrogens is 1. The molecule has 0 fully saturated rings. The molecule has 0 aromatic heterocycles. The van der Waals surface area contributed by atoms with Crippen LogP contribution >= 0.6 is 0 Å². The average Bonchev–Trinajstić information content (AvgIpc) is 2.64. The largest absolute Gasteiger partial charge is 0.172 e. The predicted octanol–water partition coefficient (Wildman–Crippen LogP) is 2.77. The number of nitrogens with zero attached hydrogens (tertiary/aromatic N) is 2. The van der Waals surface area contributed by atoms with Crippen LogP contribution in [-0.2, 0) is 0 Å². The van der Waals surface area contributed by atoms with Crippen molar-refractivity contribution in [1.82, 2.24) is 0 Å². The first kappa shape index (κ1) is 10.1. The van der Waals surface area contributed by atoms with Crippen molar-refractivity contribution < 1.29 is 4.59 Å². The molecule has 0 bridgehead atoms. The third-order valence-corrected chi connectivity index (χ3v) is 2.97. The standard InChI is InChI=1S/C13H17N2/c1-11(2)15(3)10-9-13(14-15)12-7-5-4-6-8-12/h4-11H,1-3H3/q+1. The molecule has 0 N–H and O–H groups in total. The van der Waals surface area contributed by atoms with E-state index < -0.39 is 0 Å². The van der Waals surface area contributed by atoms with Crippen LogP contribution in [0.3, 0.4) is 0 Å². The molecule has 2 rings (SSSR count). The maximum absolute atomic E-state index is 4.73. The molecule has 1 aromatic rings. The van der Waals surface area contributed by atoms with Gasteiger partial charge in [-0.15, -0.1) is 0 Å². The van der Waals surface area contributed by atoms with Gasteiger partial charge in [-0.25, -0.2) is 0 Å². The monoisotopic (exact) mass is 201 g/mol. The van der Waals surface area contributed by atoms with E-state index in [4.69, 9.17) is 5.10 Å². The van der Waals surface area contributed by atoms with E-state index >= 15 is 0 Å². The fourth-order valence-corrected chi connectivity index (χ4v) is 1.57. The molecule has 2 nitrogen and oxygen atoms in total. The van der Waals surface area contributed by atoms with Gasteiger partial charge in [0, 0.05) is 11.6 Å². The zero-order valence-corrected chi connectivity index (χ0v) is 9.51. The van der Waals surface area contributed by atoms with Crippen LogP contribution in [0.1, 0.15) is 19.4 Å². The summed E-state index contributed by atoms with van der Waals surface area (Å²) in [6.07, 6.45) is 4.25. The molecular formula is C13H17N2+. The SMILES string of the molecule is CC(C)[N+]1(C)C=CC(c2ccccc2)=N1. The maximum Gasteiger partial charge on any atom is 0.132 e.